The summed E-state index contributed by atoms with van der Waals surface area (Å²) in [6, 6.07) is 12.6. The van der Waals surface area contributed by atoms with Gasteiger partial charge in [-0.25, -0.2) is 0 Å². The number of nitro groups is 1. The second-order valence-electron chi connectivity index (χ2n) is 6.89. The van der Waals surface area contributed by atoms with Gasteiger partial charge in [-0.15, -0.1) is 0 Å². The van der Waals surface area contributed by atoms with Crippen molar-refractivity contribution in [1.82, 2.24) is 10.3 Å². The fourth-order valence-corrected chi connectivity index (χ4v) is 3.61. The number of ether oxygens (including phenoxy) is 1. The molecule has 7 heteroatoms. The Hall–Kier alpha value is -3.19. The predicted molar refractivity (Wildman–Crippen MR) is 112 cm³/mol. The minimum atomic E-state index is -0.421. The zero-order chi connectivity index (χ0) is 20.8. The number of para-hydroxylation sites is 1. The van der Waals surface area contributed by atoms with Crippen LogP contribution in [0.4, 0.5) is 5.69 Å². The van der Waals surface area contributed by atoms with E-state index in [4.69, 9.17) is 4.74 Å². The highest BCUT2D eigenvalue weighted by molar-refractivity contribution is 5.88. The topological polar surface area (TPSA) is 97.3 Å². The number of aryl methyl sites for hydroxylation is 1. The molecule has 0 aliphatic carbocycles. The lowest BCUT2D eigenvalue weighted by molar-refractivity contribution is -0.384. The van der Waals surface area contributed by atoms with Crippen molar-refractivity contribution < 1.29 is 14.5 Å². The standard InChI is InChI=1S/C22H25N3O4/c1-3-15-5-4-6-18-20(14-24-22(15)18)19(13-21(26)23-11-12-29-2)16-7-9-17(10-8-16)25(27)28/h4-10,14,19,24H,3,11-13H2,1-2H3,(H,23,26)/t19-/m1/s1. The Kier molecular flexibility index (Phi) is 6.61. The highest BCUT2D eigenvalue weighted by atomic mass is 16.6. The summed E-state index contributed by atoms with van der Waals surface area (Å²) in [6.07, 6.45) is 3.08. The molecule has 7 nitrogen and oxygen atoms in total. The summed E-state index contributed by atoms with van der Waals surface area (Å²) in [5, 5.41) is 14.9. The molecule has 1 heterocycles. The van der Waals surface area contributed by atoms with Gasteiger partial charge in [-0.2, -0.15) is 0 Å². The molecule has 2 N–H and O–H groups in total. The van der Waals surface area contributed by atoms with Crippen molar-refractivity contribution in [2.24, 2.45) is 0 Å². The van der Waals surface area contributed by atoms with Gasteiger partial charge < -0.3 is 15.0 Å². The first-order chi connectivity index (χ1) is 14.0. The van der Waals surface area contributed by atoms with Gasteiger partial charge >= 0.3 is 0 Å². The number of aromatic nitrogens is 1. The van der Waals surface area contributed by atoms with E-state index in [9.17, 15) is 14.9 Å². The number of rotatable bonds is 9. The van der Waals surface area contributed by atoms with Crippen molar-refractivity contribution >= 4 is 22.5 Å². The largest absolute Gasteiger partial charge is 0.383 e. The average Bonchev–Trinajstić information content (AvgIpc) is 3.16. The molecule has 0 saturated carbocycles. The molecular weight excluding hydrogens is 370 g/mol. The van der Waals surface area contributed by atoms with Crippen LogP contribution in [-0.4, -0.2) is 36.1 Å². The van der Waals surface area contributed by atoms with Crippen LogP contribution < -0.4 is 5.32 Å². The normalized spacial score (nSPS) is 12.1. The van der Waals surface area contributed by atoms with Gasteiger partial charge in [-0.3, -0.25) is 14.9 Å². The summed E-state index contributed by atoms with van der Waals surface area (Å²) >= 11 is 0. The van der Waals surface area contributed by atoms with E-state index in [1.807, 2.05) is 18.3 Å². The number of aromatic amines is 1. The summed E-state index contributed by atoms with van der Waals surface area (Å²) in [6.45, 7) is 2.99. The van der Waals surface area contributed by atoms with Gasteiger partial charge in [-0.05, 0) is 23.1 Å². The van der Waals surface area contributed by atoms with Crippen LogP contribution in [-0.2, 0) is 16.0 Å². The smallest absolute Gasteiger partial charge is 0.269 e. The Labute approximate surface area is 169 Å². The Morgan fingerprint density at radius 1 is 1.24 bits per heavy atom. The van der Waals surface area contributed by atoms with Crippen molar-refractivity contribution in [3.8, 4) is 0 Å². The summed E-state index contributed by atoms with van der Waals surface area (Å²) < 4.78 is 4.99. The van der Waals surface area contributed by atoms with E-state index >= 15 is 0 Å². The maximum atomic E-state index is 12.5. The first kappa shape index (κ1) is 20.5. The van der Waals surface area contributed by atoms with Crippen molar-refractivity contribution in [3.05, 3.63) is 75.5 Å². The molecule has 0 radical (unpaired) electrons. The summed E-state index contributed by atoms with van der Waals surface area (Å²) in [4.78, 5) is 26.5. The molecule has 0 saturated heterocycles. The van der Waals surface area contributed by atoms with Crippen LogP contribution in [0.3, 0.4) is 0 Å². The van der Waals surface area contributed by atoms with Gasteiger partial charge in [-0.1, -0.05) is 37.3 Å². The number of carbonyl (C=O) groups is 1. The maximum absolute atomic E-state index is 12.5. The lowest BCUT2D eigenvalue weighted by Crippen LogP contribution is -2.28. The van der Waals surface area contributed by atoms with Crippen LogP contribution in [0.2, 0.25) is 0 Å². The Balaban J connectivity index is 1.98. The van der Waals surface area contributed by atoms with Gasteiger partial charge in [0.15, 0.2) is 0 Å². The van der Waals surface area contributed by atoms with E-state index in [1.165, 1.54) is 17.7 Å². The molecule has 0 fully saturated rings. The second-order valence-corrected chi connectivity index (χ2v) is 6.89. The minimum absolute atomic E-state index is 0.0317. The third-order valence-electron chi connectivity index (χ3n) is 5.11. The van der Waals surface area contributed by atoms with E-state index in [0.717, 1.165) is 28.5 Å². The van der Waals surface area contributed by atoms with Gasteiger partial charge in [0.1, 0.15) is 0 Å². The molecule has 0 aliphatic rings. The fraction of sp³-hybridized carbons (Fsp3) is 0.318. The molecule has 1 amide bonds. The molecule has 1 aromatic heterocycles. The van der Waals surface area contributed by atoms with E-state index in [1.54, 1.807) is 19.2 Å². The number of H-pyrrole nitrogens is 1. The van der Waals surface area contributed by atoms with E-state index < -0.39 is 4.92 Å². The van der Waals surface area contributed by atoms with Gasteiger partial charge in [0.05, 0.1) is 11.5 Å². The van der Waals surface area contributed by atoms with Gasteiger partial charge in [0.2, 0.25) is 5.91 Å². The average molecular weight is 395 g/mol. The maximum Gasteiger partial charge on any atom is 0.269 e. The first-order valence-electron chi connectivity index (χ1n) is 9.64. The third kappa shape index (κ3) is 4.63. The third-order valence-corrected chi connectivity index (χ3v) is 5.11. The number of amides is 1. The molecular formula is C22H25N3O4. The number of methoxy groups -OCH3 is 1. The van der Waals surface area contributed by atoms with Crippen molar-refractivity contribution in [1.29, 1.82) is 0 Å². The van der Waals surface area contributed by atoms with Crippen LogP contribution in [0.1, 0.15) is 36.0 Å². The molecule has 0 bridgehead atoms. The summed E-state index contributed by atoms with van der Waals surface area (Å²) in [5.41, 5.74) is 4.17. The van der Waals surface area contributed by atoms with Crippen LogP contribution >= 0.6 is 0 Å². The van der Waals surface area contributed by atoms with Crippen molar-refractivity contribution in [2.75, 3.05) is 20.3 Å². The number of hydrogen-bond donors (Lipinski definition) is 2. The number of carbonyl (C=O) groups excluding carboxylic acids is 1. The zero-order valence-corrected chi connectivity index (χ0v) is 16.6. The quantitative estimate of drug-likeness (QED) is 0.326. The zero-order valence-electron chi connectivity index (χ0n) is 16.6. The first-order valence-corrected chi connectivity index (χ1v) is 9.64. The number of nitro benzene ring substituents is 1. The summed E-state index contributed by atoms with van der Waals surface area (Å²) in [5.74, 6) is -0.314. The van der Waals surface area contributed by atoms with E-state index in [0.29, 0.717) is 13.2 Å². The van der Waals surface area contributed by atoms with Crippen LogP contribution in [0.25, 0.3) is 10.9 Å². The molecule has 0 aliphatic heterocycles. The number of fused-ring (bicyclic) bond motifs is 1. The Morgan fingerprint density at radius 2 is 2.00 bits per heavy atom. The minimum Gasteiger partial charge on any atom is -0.383 e. The summed E-state index contributed by atoms with van der Waals surface area (Å²) in [7, 11) is 1.59. The molecule has 0 unspecified atom stereocenters. The number of benzene rings is 2. The molecule has 152 valence electrons. The SMILES string of the molecule is CCc1cccc2c([C@H](CC(=O)NCCOC)c3ccc([N+](=O)[O-])cc3)c[nH]c12. The highest BCUT2D eigenvalue weighted by Gasteiger charge is 2.22. The molecule has 0 spiro atoms. The molecule has 1 atom stereocenters. The lowest BCUT2D eigenvalue weighted by Gasteiger charge is -2.17. The molecule has 3 aromatic rings. The second kappa shape index (κ2) is 9.34. The van der Waals surface area contributed by atoms with Crippen LogP contribution in [0, 0.1) is 10.1 Å². The van der Waals surface area contributed by atoms with E-state index in [-0.39, 0.29) is 23.9 Å². The number of nitrogens with zero attached hydrogens (tertiary/aromatic N) is 1. The molecule has 3 rings (SSSR count). The highest BCUT2D eigenvalue weighted by Crippen LogP contribution is 2.35. The lowest BCUT2D eigenvalue weighted by atomic mass is 9.87. The molecule has 29 heavy (non-hydrogen) atoms. The Morgan fingerprint density at radius 3 is 2.66 bits per heavy atom. The number of non-ortho nitro benzene ring substituents is 1. The van der Waals surface area contributed by atoms with Crippen molar-refractivity contribution in [3.63, 3.8) is 0 Å². The molecule has 2 aromatic carbocycles. The van der Waals surface area contributed by atoms with Gasteiger partial charge in [0, 0.05) is 55.2 Å². The predicted octanol–water partition coefficient (Wildman–Crippen LogP) is 3.92. The van der Waals surface area contributed by atoms with Crippen LogP contribution in [0.15, 0.2) is 48.7 Å². The number of hydrogen-bond acceptors (Lipinski definition) is 4. The van der Waals surface area contributed by atoms with Gasteiger partial charge in [0.25, 0.3) is 5.69 Å². The monoisotopic (exact) mass is 395 g/mol. The van der Waals surface area contributed by atoms with Crippen LogP contribution in [0.5, 0.6) is 0 Å². The van der Waals surface area contributed by atoms with E-state index in [2.05, 4.69) is 23.3 Å². The van der Waals surface area contributed by atoms with Crippen molar-refractivity contribution in [2.45, 2.75) is 25.7 Å². The Bertz CT molecular complexity index is 995. The fourth-order valence-electron chi connectivity index (χ4n) is 3.61. The number of nitrogens with one attached hydrogen (secondary N) is 2.